The highest BCUT2D eigenvalue weighted by atomic mass is 32.2. The zero-order valence-electron chi connectivity index (χ0n) is 16.5. The molecule has 29 heavy (non-hydrogen) atoms. The van der Waals surface area contributed by atoms with Crippen LogP contribution in [0.5, 0.6) is 5.75 Å². The van der Waals surface area contributed by atoms with Crippen LogP contribution in [0.2, 0.25) is 0 Å². The molecule has 156 valence electrons. The number of amides is 1. The second kappa shape index (κ2) is 8.92. The van der Waals surface area contributed by atoms with Gasteiger partial charge in [0.2, 0.25) is 15.9 Å². The van der Waals surface area contributed by atoms with Gasteiger partial charge in [-0.15, -0.1) is 0 Å². The second-order valence-corrected chi connectivity index (χ2v) is 9.07. The number of carbonyl (C=O) groups excluding carboxylic acids is 1. The van der Waals surface area contributed by atoms with Crippen LogP contribution >= 0.6 is 0 Å². The fraction of sp³-hybridized carbons (Fsp3) is 0.381. The molecule has 1 N–H and O–H groups in total. The van der Waals surface area contributed by atoms with Crippen molar-refractivity contribution in [2.75, 3.05) is 20.2 Å². The van der Waals surface area contributed by atoms with Gasteiger partial charge in [-0.25, -0.2) is 12.8 Å². The minimum Gasteiger partial charge on any atom is -0.496 e. The zero-order valence-corrected chi connectivity index (χ0v) is 17.3. The molecule has 3 rings (SSSR count). The van der Waals surface area contributed by atoms with Crippen molar-refractivity contribution in [2.24, 2.45) is 5.92 Å². The highest BCUT2D eigenvalue weighted by Gasteiger charge is 2.33. The molecule has 0 spiro atoms. The lowest BCUT2D eigenvalue weighted by molar-refractivity contribution is -0.126. The van der Waals surface area contributed by atoms with E-state index >= 15 is 0 Å². The van der Waals surface area contributed by atoms with Gasteiger partial charge in [0, 0.05) is 18.7 Å². The van der Waals surface area contributed by atoms with Crippen molar-refractivity contribution < 1.29 is 22.3 Å². The van der Waals surface area contributed by atoms with Crippen molar-refractivity contribution in [3.8, 4) is 5.75 Å². The summed E-state index contributed by atoms with van der Waals surface area (Å²) >= 11 is 0. The molecule has 0 unspecified atom stereocenters. The lowest BCUT2D eigenvalue weighted by Crippen LogP contribution is -2.45. The molecule has 8 heteroatoms. The maximum absolute atomic E-state index is 13.1. The average molecular weight is 421 g/mol. The topological polar surface area (TPSA) is 75.7 Å². The molecule has 0 radical (unpaired) electrons. The number of halogens is 1. The third-order valence-corrected chi connectivity index (χ3v) is 7.05. The Balaban J connectivity index is 1.70. The summed E-state index contributed by atoms with van der Waals surface area (Å²) in [4.78, 5) is 12.8. The van der Waals surface area contributed by atoms with Crippen LogP contribution < -0.4 is 10.1 Å². The molecule has 0 saturated carbocycles. The first-order valence-corrected chi connectivity index (χ1v) is 11.0. The summed E-state index contributed by atoms with van der Waals surface area (Å²) in [5.74, 6) is -0.451. The number of piperidine rings is 1. The van der Waals surface area contributed by atoms with Crippen LogP contribution in [0, 0.1) is 11.7 Å². The molecule has 1 fully saturated rings. The van der Waals surface area contributed by atoms with E-state index in [4.69, 9.17) is 4.74 Å². The molecule has 0 bridgehead atoms. The number of ether oxygens (including phenoxy) is 1. The van der Waals surface area contributed by atoms with Gasteiger partial charge in [0.25, 0.3) is 0 Å². The standard InChI is InChI=1S/C21H25FN2O4S/c1-15(19-7-3-4-8-20(19)28-2)23-21(25)16-6-5-13-24(14-16)29(26,27)18-11-9-17(22)10-12-18/h3-4,7-12,15-16H,5-6,13-14H2,1-2H3,(H,23,25)/t15-,16+/m1/s1. The van der Waals surface area contributed by atoms with Crippen LogP contribution in [0.4, 0.5) is 4.39 Å². The first-order chi connectivity index (χ1) is 13.8. The number of benzene rings is 2. The van der Waals surface area contributed by atoms with Crippen molar-refractivity contribution >= 4 is 15.9 Å². The van der Waals surface area contributed by atoms with Gasteiger partial charge < -0.3 is 10.1 Å². The van der Waals surface area contributed by atoms with Crippen LogP contribution in [0.15, 0.2) is 53.4 Å². The summed E-state index contributed by atoms with van der Waals surface area (Å²) in [5, 5.41) is 2.97. The summed E-state index contributed by atoms with van der Waals surface area (Å²) in [5.41, 5.74) is 0.856. The van der Waals surface area contributed by atoms with Gasteiger partial charge >= 0.3 is 0 Å². The number of rotatable bonds is 6. The number of hydrogen-bond donors (Lipinski definition) is 1. The fourth-order valence-corrected chi connectivity index (χ4v) is 5.09. The molecule has 1 aliphatic rings. The molecule has 0 aromatic heterocycles. The molecule has 1 amide bonds. The zero-order chi connectivity index (χ0) is 21.0. The number of hydrogen-bond acceptors (Lipinski definition) is 4. The SMILES string of the molecule is COc1ccccc1[C@@H](C)NC(=O)[C@H]1CCCN(S(=O)(=O)c2ccc(F)cc2)C1. The lowest BCUT2D eigenvalue weighted by Gasteiger charge is -2.32. The van der Waals surface area contributed by atoms with Crippen molar-refractivity contribution in [3.63, 3.8) is 0 Å². The minimum atomic E-state index is -3.77. The van der Waals surface area contributed by atoms with Gasteiger partial charge in [0.1, 0.15) is 11.6 Å². The Hall–Kier alpha value is -2.45. The lowest BCUT2D eigenvalue weighted by atomic mass is 9.97. The normalized spacial score (nSPS) is 18.8. The first kappa shape index (κ1) is 21.3. The van der Waals surface area contributed by atoms with E-state index in [-0.39, 0.29) is 23.4 Å². The Morgan fingerprint density at radius 1 is 1.21 bits per heavy atom. The highest BCUT2D eigenvalue weighted by Crippen LogP contribution is 2.27. The van der Waals surface area contributed by atoms with Gasteiger partial charge in [-0.05, 0) is 50.1 Å². The van der Waals surface area contributed by atoms with Crippen molar-refractivity contribution in [1.29, 1.82) is 0 Å². The number of nitrogens with one attached hydrogen (secondary N) is 1. The quantitative estimate of drug-likeness (QED) is 0.779. The molecular weight excluding hydrogens is 395 g/mol. The Morgan fingerprint density at radius 3 is 2.59 bits per heavy atom. The van der Waals surface area contributed by atoms with Gasteiger partial charge in [0.15, 0.2) is 0 Å². The van der Waals surface area contributed by atoms with E-state index in [0.717, 1.165) is 17.7 Å². The van der Waals surface area contributed by atoms with Gasteiger partial charge in [-0.3, -0.25) is 4.79 Å². The maximum Gasteiger partial charge on any atom is 0.243 e. The third kappa shape index (κ3) is 4.76. The van der Waals surface area contributed by atoms with E-state index in [1.165, 1.54) is 16.4 Å². The summed E-state index contributed by atoms with van der Waals surface area (Å²) in [7, 11) is -2.19. The third-order valence-electron chi connectivity index (χ3n) is 5.17. The molecule has 1 aliphatic heterocycles. The Kier molecular flexibility index (Phi) is 6.54. The van der Waals surface area contributed by atoms with E-state index in [1.807, 2.05) is 31.2 Å². The number of para-hydroxylation sites is 1. The number of methoxy groups -OCH3 is 1. The van der Waals surface area contributed by atoms with Crippen molar-refractivity contribution in [2.45, 2.75) is 30.7 Å². The Morgan fingerprint density at radius 2 is 1.90 bits per heavy atom. The van der Waals surface area contributed by atoms with Crippen molar-refractivity contribution in [3.05, 3.63) is 59.9 Å². The monoisotopic (exact) mass is 420 g/mol. The van der Waals surface area contributed by atoms with Gasteiger partial charge in [-0.1, -0.05) is 18.2 Å². The van der Waals surface area contributed by atoms with E-state index in [9.17, 15) is 17.6 Å². The molecule has 1 heterocycles. The summed E-state index contributed by atoms with van der Waals surface area (Å²) in [6.07, 6.45) is 1.20. The summed E-state index contributed by atoms with van der Waals surface area (Å²) < 4.78 is 45.5. The maximum atomic E-state index is 13.1. The van der Waals surface area contributed by atoms with E-state index in [0.29, 0.717) is 25.1 Å². The van der Waals surface area contributed by atoms with E-state index < -0.39 is 21.8 Å². The first-order valence-electron chi connectivity index (χ1n) is 9.52. The van der Waals surface area contributed by atoms with Gasteiger partial charge in [0.05, 0.1) is 24.0 Å². The average Bonchev–Trinajstić information content (AvgIpc) is 2.74. The van der Waals surface area contributed by atoms with Crippen LogP contribution in [0.3, 0.4) is 0 Å². The second-order valence-electron chi connectivity index (χ2n) is 7.13. The Labute approximate surface area is 170 Å². The fourth-order valence-electron chi connectivity index (χ4n) is 3.56. The predicted molar refractivity (Wildman–Crippen MR) is 107 cm³/mol. The smallest absolute Gasteiger partial charge is 0.243 e. The molecular formula is C21H25FN2O4S. The highest BCUT2D eigenvalue weighted by molar-refractivity contribution is 7.89. The number of nitrogens with zero attached hydrogens (tertiary/aromatic N) is 1. The van der Waals surface area contributed by atoms with Crippen LogP contribution in [0.25, 0.3) is 0 Å². The summed E-state index contributed by atoms with van der Waals surface area (Å²) in [6, 6.07) is 11.9. The van der Waals surface area contributed by atoms with Crippen LogP contribution in [0.1, 0.15) is 31.4 Å². The van der Waals surface area contributed by atoms with Crippen LogP contribution in [-0.2, 0) is 14.8 Å². The minimum absolute atomic E-state index is 0.0300. The largest absolute Gasteiger partial charge is 0.496 e. The van der Waals surface area contributed by atoms with E-state index in [1.54, 1.807) is 7.11 Å². The van der Waals surface area contributed by atoms with Crippen LogP contribution in [-0.4, -0.2) is 38.8 Å². The Bertz CT molecular complexity index is 963. The molecule has 6 nitrogen and oxygen atoms in total. The number of sulfonamides is 1. The molecule has 2 atom stereocenters. The summed E-state index contributed by atoms with van der Waals surface area (Å²) in [6.45, 7) is 2.31. The predicted octanol–water partition coefficient (Wildman–Crippen LogP) is 3.11. The molecule has 2 aromatic carbocycles. The molecule has 2 aromatic rings. The van der Waals surface area contributed by atoms with E-state index in [2.05, 4.69) is 5.32 Å². The molecule has 0 aliphatic carbocycles. The van der Waals surface area contributed by atoms with Crippen molar-refractivity contribution in [1.82, 2.24) is 9.62 Å². The van der Waals surface area contributed by atoms with Gasteiger partial charge in [-0.2, -0.15) is 4.31 Å². The molecule has 1 saturated heterocycles. The number of carbonyl (C=O) groups is 1.